The zero-order chi connectivity index (χ0) is 19.9. The zero-order valence-electron chi connectivity index (χ0n) is 14.6. The number of carbonyl (C=O) groups is 5. The summed E-state index contributed by atoms with van der Waals surface area (Å²) in [5, 5.41) is 13.8. The van der Waals surface area contributed by atoms with Crippen LogP contribution in [0, 0.1) is 0 Å². The number of carboxylic acids is 1. The van der Waals surface area contributed by atoms with Crippen molar-refractivity contribution in [1.82, 2.24) is 15.5 Å². The third kappa shape index (κ3) is 5.99. The Kier molecular flexibility index (Phi) is 7.97. The highest BCUT2D eigenvalue weighted by molar-refractivity contribution is 5.93. The van der Waals surface area contributed by atoms with Crippen LogP contribution >= 0.6 is 0 Å². The van der Waals surface area contributed by atoms with Crippen LogP contribution in [0.15, 0.2) is 0 Å². The van der Waals surface area contributed by atoms with Crippen LogP contribution in [0.1, 0.15) is 32.6 Å². The summed E-state index contributed by atoms with van der Waals surface area (Å²) in [6.07, 6.45) is 0.760. The van der Waals surface area contributed by atoms with Crippen molar-refractivity contribution in [3.05, 3.63) is 0 Å². The van der Waals surface area contributed by atoms with E-state index in [2.05, 4.69) is 10.6 Å². The van der Waals surface area contributed by atoms with E-state index in [1.165, 1.54) is 11.8 Å². The Labute approximate surface area is 150 Å². The fourth-order valence-corrected chi connectivity index (χ4v) is 2.67. The number of aliphatic carboxylic acids is 1. The van der Waals surface area contributed by atoms with Crippen LogP contribution in [0.4, 0.5) is 0 Å². The number of hydrogen-bond donors (Lipinski definition) is 5. The predicted octanol–water partition coefficient (Wildman–Crippen LogP) is -2.72. The molecule has 0 aromatic heterocycles. The molecule has 0 bridgehead atoms. The van der Waals surface area contributed by atoms with Crippen LogP contribution in [0.25, 0.3) is 0 Å². The summed E-state index contributed by atoms with van der Waals surface area (Å²) in [5.41, 5.74) is 10.3. The largest absolute Gasteiger partial charge is 0.480 e. The van der Waals surface area contributed by atoms with Gasteiger partial charge in [-0.25, -0.2) is 4.79 Å². The molecule has 0 radical (unpaired) electrons. The first-order chi connectivity index (χ1) is 12.2. The number of nitrogens with two attached hydrogens (primary N) is 2. The molecule has 1 fully saturated rings. The van der Waals surface area contributed by atoms with Crippen LogP contribution in [-0.4, -0.2) is 70.8 Å². The lowest BCUT2D eigenvalue weighted by Gasteiger charge is -2.25. The van der Waals surface area contributed by atoms with E-state index < -0.39 is 41.8 Å². The van der Waals surface area contributed by atoms with Crippen LogP contribution in [0.5, 0.6) is 0 Å². The van der Waals surface area contributed by atoms with Gasteiger partial charge in [-0.15, -0.1) is 0 Å². The second-order valence-corrected chi connectivity index (χ2v) is 6.08. The fraction of sp³-hybridized carbons (Fsp3) is 0.667. The van der Waals surface area contributed by atoms with Gasteiger partial charge in [0.1, 0.15) is 18.1 Å². The second kappa shape index (κ2) is 9.70. The van der Waals surface area contributed by atoms with Gasteiger partial charge in [0.05, 0.1) is 6.54 Å². The summed E-state index contributed by atoms with van der Waals surface area (Å²) in [6.45, 7) is 1.60. The van der Waals surface area contributed by atoms with Gasteiger partial charge in [-0.3, -0.25) is 19.2 Å². The smallest absolute Gasteiger partial charge is 0.326 e. The summed E-state index contributed by atoms with van der Waals surface area (Å²) in [7, 11) is 0. The lowest BCUT2D eigenvalue weighted by molar-refractivity contribution is -0.143. The Morgan fingerprint density at radius 1 is 1.23 bits per heavy atom. The van der Waals surface area contributed by atoms with Crippen LogP contribution < -0.4 is 22.1 Å². The molecule has 7 N–H and O–H groups in total. The molecule has 11 nitrogen and oxygen atoms in total. The lowest BCUT2D eigenvalue weighted by Crippen LogP contribution is -2.54. The number of amides is 4. The molecule has 4 amide bonds. The van der Waals surface area contributed by atoms with Gasteiger partial charge in [-0.05, 0) is 26.2 Å². The summed E-state index contributed by atoms with van der Waals surface area (Å²) in [4.78, 5) is 59.5. The number of hydrogen-bond acceptors (Lipinski definition) is 6. The first-order valence-electron chi connectivity index (χ1n) is 8.28. The highest BCUT2D eigenvalue weighted by Crippen LogP contribution is 2.17. The Morgan fingerprint density at radius 3 is 2.42 bits per heavy atom. The highest BCUT2D eigenvalue weighted by Gasteiger charge is 2.34. The normalized spacial score (nSPS) is 18.7. The molecule has 3 atom stereocenters. The van der Waals surface area contributed by atoms with Crippen molar-refractivity contribution in [1.29, 1.82) is 0 Å². The van der Waals surface area contributed by atoms with Gasteiger partial charge in [-0.1, -0.05) is 0 Å². The standard InChI is InChI=1S/C15H25N5O6/c1-8(13(23)19-9(15(25)26)4-5-11(17)21)18-14(24)10-3-2-6-20(10)12(22)7-16/h8-10H,2-7,16H2,1H3,(H2,17,21)(H,18,24)(H,19,23)(H,25,26). The van der Waals surface area contributed by atoms with Crippen molar-refractivity contribution in [3.63, 3.8) is 0 Å². The molecule has 0 aromatic carbocycles. The summed E-state index contributed by atoms with van der Waals surface area (Å²) >= 11 is 0. The van der Waals surface area contributed by atoms with E-state index in [0.717, 1.165) is 0 Å². The molecule has 1 rings (SSSR count). The maximum atomic E-state index is 12.3. The van der Waals surface area contributed by atoms with E-state index in [-0.39, 0.29) is 25.3 Å². The van der Waals surface area contributed by atoms with Crippen molar-refractivity contribution in [2.24, 2.45) is 11.5 Å². The first kappa shape index (κ1) is 21.4. The Bertz CT molecular complexity index is 581. The van der Waals surface area contributed by atoms with E-state index in [1.54, 1.807) is 0 Å². The minimum atomic E-state index is -1.31. The topological polar surface area (TPSA) is 185 Å². The van der Waals surface area contributed by atoms with Crippen LogP contribution in [0.3, 0.4) is 0 Å². The van der Waals surface area contributed by atoms with E-state index in [1.807, 2.05) is 0 Å². The number of nitrogens with zero attached hydrogens (tertiary/aromatic N) is 1. The summed E-state index contributed by atoms with van der Waals surface area (Å²) in [6, 6.07) is -3.02. The van der Waals surface area contributed by atoms with E-state index in [9.17, 15) is 24.0 Å². The van der Waals surface area contributed by atoms with Crippen LogP contribution in [-0.2, 0) is 24.0 Å². The molecule has 1 heterocycles. The monoisotopic (exact) mass is 371 g/mol. The van der Waals surface area contributed by atoms with Crippen molar-refractivity contribution in [2.75, 3.05) is 13.1 Å². The Balaban J connectivity index is 2.61. The first-order valence-corrected chi connectivity index (χ1v) is 8.28. The van der Waals surface area contributed by atoms with Crippen molar-refractivity contribution < 1.29 is 29.1 Å². The Morgan fingerprint density at radius 2 is 1.88 bits per heavy atom. The molecular weight excluding hydrogens is 346 g/mol. The van der Waals surface area contributed by atoms with E-state index in [0.29, 0.717) is 19.4 Å². The molecule has 3 unspecified atom stereocenters. The number of primary amides is 1. The van der Waals surface area contributed by atoms with Crippen molar-refractivity contribution >= 4 is 29.6 Å². The number of likely N-dealkylation sites (tertiary alicyclic amines) is 1. The third-order valence-electron chi connectivity index (χ3n) is 4.10. The molecule has 1 aliphatic heterocycles. The van der Waals surface area contributed by atoms with Gasteiger partial charge >= 0.3 is 5.97 Å². The van der Waals surface area contributed by atoms with E-state index in [4.69, 9.17) is 16.6 Å². The van der Waals surface area contributed by atoms with Gasteiger partial charge in [0.25, 0.3) is 0 Å². The molecule has 11 heteroatoms. The second-order valence-electron chi connectivity index (χ2n) is 6.08. The number of nitrogens with one attached hydrogen (secondary N) is 2. The lowest BCUT2D eigenvalue weighted by atomic mass is 10.1. The molecular formula is C15H25N5O6. The maximum Gasteiger partial charge on any atom is 0.326 e. The van der Waals surface area contributed by atoms with Crippen LogP contribution in [0.2, 0.25) is 0 Å². The predicted molar refractivity (Wildman–Crippen MR) is 89.4 cm³/mol. The molecule has 0 saturated carbocycles. The van der Waals surface area contributed by atoms with Gasteiger partial charge < -0.3 is 32.1 Å². The molecule has 0 aliphatic carbocycles. The minimum absolute atomic E-state index is 0.154. The molecule has 0 aromatic rings. The zero-order valence-corrected chi connectivity index (χ0v) is 14.6. The third-order valence-corrected chi connectivity index (χ3v) is 4.10. The molecule has 1 aliphatic rings. The highest BCUT2D eigenvalue weighted by atomic mass is 16.4. The maximum absolute atomic E-state index is 12.3. The average Bonchev–Trinajstić information content (AvgIpc) is 3.06. The minimum Gasteiger partial charge on any atom is -0.480 e. The Hall–Kier alpha value is -2.69. The SMILES string of the molecule is CC(NC(=O)C1CCCN1C(=O)CN)C(=O)NC(CCC(N)=O)C(=O)O. The summed E-state index contributed by atoms with van der Waals surface area (Å²) < 4.78 is 0. The van der Waals surface area contributed by atoms with Crippen molar-refractivity contribution in [3.8, 4) is 0 Å². The van der Waals surface area contributed by atoms with Gasteiger partial charge in [0, 0.05) is 13.0 Å². The van der Waals surface area contributed by atoms with Gasteiger partial charge in [0.15, 0.2) is 0 Å². The number of carbonyl (C=O) groups excluding carboxylic acids is 4. The quantitative estimate of drug-likeness (QED) is 0.291. The average molecular weight is 371 g/mol. The molecule has 0 spiro atoms. The van der Waals surface area contributed by atoms with Crippen molar-refractivity contribution in [2.45, 2.75) is 50.7 Å². The molecule has 1 saturated heterocycles. The summed E-state index contributed by atoms with van der Waals surface area (Å²) in [5.74, 6) is -3.57. The van der Waals surface area contributed by atoms with Gasteiger partial charge in [-0.2, -0.15) is 0 Å². The fourth-order valence-electron chi connectivity index (χ4n) is 2.67. The number of carboxylic acid groups (broad SMARTS) is 1. The number of rotatable bonds is 9. The van der Waals surface area contributed by atoms with Gasteiger partial charge in [0.2, 0.25) is 23.6 Å². The van der Waals surface area contributed by atoms with E-state index >= 15 is 0 Å². The molecule has 26 heavy (non-hydrogen) atoms. The molecule has 146 valence electrons.